The van der Waals surface area contributed by atoms with E-state index < -0.39 is 53.2 Å². The summed E-state index contributed by atoms with van der Waals surface area (Å²) in [7, 11) is 0. The number of benzene rings is 1. The molecule has 6 heteroatoms. The van der Waals surface area contributed by atoms with E-state index in [2.05, 4.69) is 0 Å². The molecule has 2 saturated carbocycles. The first-order valence-corrected chi connectivity index (χ1v) is 8.89. The maximum Gasteiger partial charge on any atom is 0.194 e. The van der Waals surface area contributed by atoms with Crippen molar-refractivity contribution in [3.05, 3.63) is 35.1 Å². The lowest BCUT2D eigenvalue weighted by molar-refractivity contribution is 0.0167. The topological polar surface area (TPSA) is 0 Å². The van der Waals surface area contributed by atoms with Gasteiger partial charge in [-0.05, 0) is 61.6 Å². The highest BCUT2D eigenvalue weighted by molar-refractivity contribution is 5.25. The maximum absolute atomic E-state index is 15.3. The molecule has 0 heterocycles. The van der Waals surface area contributed by atoms with Crippen LogP contribution in [0.2, 0.25) is 0 Å². The summed E-state index contributed by atoms with van der Waals surface area (Å²) in [4.78, 5) is 0. The average molecular weight is 364 g/mol. The predicted molar refractivity (Wildman–Crippen MR) is 83.0 cm³/mol. The van der Waals surface area contributed by atoms with Crippen molar-refractivity contribution in [3.8, 4) is 0 Å². The van der Waals surface area contributed by atoms with Gasteiger partial charge in [0.05, 0.1) is 0 Å². The van der Waals surface area contributed by atoms with Gasteiger partial charge in [-0.25, -0.2) is 26.3 Å². The summed E-state index contributed by atoms with van der Waals surface area (Å²) in [6, 6.07) is 1.52. The SMILES string of the molecule is CCCC1CC2CC(F)C(c3cc(F)c(F)c(F)c3)CCC2(F)C1F. The molecule has 0 aromatic heterocycles. The van der Waals surface area contributed by atoms with E-state index in [1.54, 1.807) is 0 Å². The van der Waals surface area contributed by atoms with Gasteiger partial charge in [0.1, 0.15) is 18.0 Å². The quantitative estimate of drug-likeness (QED) is 0.443. The summed E-state index contributed by atoms with van der Waals surface area (Å²) in [6.45, 7) is 1.90. The molecular formula is C19H22F6. The third-order valence-corrected chi connectivity index (χ3v) is 6.02. The van der Waals surface area contributed by atoms with E-state index in [1.807, 2.05) is 6.92 Å². The zero-order valence-electron chi connectivity index (χ0n) is 14.1. The molecular weight excluding hydrogens is 342 g/mol. The first kappa shape index (κ1) is 18.6. The van der Waals surface area contributed by atoms with E-state index in [1.165, 1.54) is 0 Å². The fourth-order valence-electron chi connectivity index (χ4n) is 4.73. The second kappa shape index (κ2) is 6.84. The van der Waals surface area contributed by atoms with Gasteiger partial charge >= 0.3 is 0 Å². The third-order valence-electron chi connectivity index (χ3n) is 6.02. The van der Waals surface area contributed by atoms with Crippen LogP contribution < -0.4 is 0 Å². The van der Waals surface area contributed by atoms with E-state index >= 15 is 4.39 Å². The van der Waals surface area contributed by atoms with Crippen molar-refractivity contribution in [2.45, 2.75) is 69.4 Å². The van der Waals surface area contributed by atoms with E-state index in [9.17, 15) is 22.0 Å². The van der Waals surface area contributed by atoms with Crippen LogP contribution in [0.4, 0.5) is 26.3 Å². The molecule has 0 N–H and O–H groups in total. The Morgan fingerprint density at radius 3 is 2.32 bits per heavy atom. The minimum Gasteiger partial charge on any atom is -0.247 e. The Labute approximate surface area is 143 Å². The molecule has 0 radical (unpaired) electrons. The average Bonchev–Trinajstić information content (AvgIpc) is 2.70. The van der Waals surface area contributed by atoms with Gasteiger partial charge in [0, 0.05) is 5.92 Å². The van der Waals surface area contributed by atoms with Gasteiger partial charge in [-0.2, -0.15) is 0 Å². The van der Waals surface area contributed by atoms with Crippen molar-refractivity contribution in [2.75, 3.05) is 0 Å². The molecule has 1 aromatic rings. The van der Waals surface area contributed by atoms with Crippen molar-refractivity contribution in [2.24, 2.45) is 11.8 Å². The molecule has 0 nitrogen and oxygen atoms in total. The van der Waals surface area contributed by atoms with Gasteiger partial charge in [0.25, 0.3) is 0 Å². The highest BCUT2D eigenvalue weighted by Gasteiger charge is 2.58. The molecule has 3 rings (SSSR count). The molecule has 140 valence electrons. The van der Waals surface area contributed by atoms with Gasteiger partial charge in [-0.1, -0.05) is 13.3 Å². The zero-order valence-corrected chi connectivity index (χ0v) is 14.1. The number of hydrogen-bond acceptors (Lipinski definition) is 0. The molecule has 2 aliphatic rings. The van der Waals surface area contributed by atoms with Gasteiger partial charge in [-0.15, -0.1) is 0 Å². The van der Waals surface area contributed by atoms with Crippen molar-refractivity contribution in [1.82, 2.24) is 0 Å². The van der Waals surface area contributed by atoms with Crippen LogP contribution in [-0.4, -0.2) is 18.0 Å². The smallest absolute Gasteiger partial charge is 0.194 e. The van der Waals surface area contributed by atoms with Crippen LogP contribution in [0, 0.1) is 29.3 Å². The van der Waals surface area contributed by atoms with Crippen LogP contribution >= 0.6 is 0 Å². The number of alkyl halides is 3. The zero-order chi connectivity index (χ0) is 18.4. The van der Waals surface area contributed by atoms with Crippen LogP contribution in [0.15, 0.2) is 12.1 Å². The molecule has 0 bridgehead atoms. The minimum atomic E-state index is -2.09. The molecule has 1 aromatic carbocycles. The molecule has 0 spiro atoms. The Morgan fingerprint density at radius 1 is 1.08 bits per heavy atom. The lowest BCUT2D eigenvalue weighted by atomic mass is 9.87. The summed E-state index contributed by atoms with van der Waals surface area (Å²) in [6.07, 6.45) is -2.00. The minimum absolute atomic E-state index is 0.0343. The summed E-state index contributed by atoms with van der Waals surface area (Å²) in [5.41, 5.74) is -2.12. The Bertz CT molecular complexity index is 609. The van der Waals surface area contributed by atoms with Crippen molar-refractivity contribution in [1.29, 1.82) is 0 Å². The lowest BCUT2D eigenvalue weighted by Gasteiger charge is -2.27. The normalized spacial score (nSPS) is 38.4. The molecule has 0 saturated heterocycles. The Morgan fingerprint density at radius 2 is 1.72 bits per heavy atom. The van der Waals surface area contributed by atoms with Crippen LogP contribution in [0.3, 0.4) is 0 Å². The number of hydrogen-bond donors (Lipinski definition) is 0. The summed E-state index contributed by atoms with van der Waals surface area (Å²) >= 11 is 0. The van der Waals surface area contributed by atoms with Crippen LogP contribution in [0.25, 0.3) is 0 Å². The molecule has 6 atom stereocenters. The Kier molecular flexibility index (Phi) is 5.09. The lowest BCUT2D eigenvalue weighted by Crippen LogP contribution is -2.37. The van der Waals surface area contributed by atoms with E-state index in [-0.39, 0.29) is 24.8 Å². The van der Waals surface area contributed by atoms with Crippen LogP contribution in [-0.2, 0) is 0 Å². The molecule has 2 aliphatic carbocycles. The van der Waals surface area contributed by atoms with E-state index in [4.69, 9.17) is 0 Å². The van der Waals surface area contributed by atoms with E-state index in [0.29, 0.717) is 12.8 Å². The Hall–Kier alpha value is -1.20. The molecule has 0 aliphatic heterocycles. The predicted octanol–water partition coefficient (Wildman–Crippen LogP) is 6.19. The number of rotatable bonds is 3. The summed E-state index contributed by atoms with van der Waals surface area (Å²) < 4.78 is 84.8. The first-order chi connectivity index (χ1) is 11.8. The number of halogens is 6. The van der Waals surface area contributed by atoms with Gasteiger partial charge in [0.2, 0.25) is 0 Å². The molecule has 6 unspecified atom stereocenters. The van der Waals surface area contributed by atoms with Crippen LogP contribution in [0.1, 0.15) is 56.9 Å². The first-order valence-electron chi connectivity index (χ1n) is 8.89. The highest BCUT2D eigenvalue weighted by atomic mass is 19.2. The third kappa shape index (κ3) is 3.17. The van der Waals surface area contributed by atoms with Crippen molar-refractivity contribution in [3.63, 3.8) is 0 Å². The molecule has 0 amide bonds. The standard InChI is InChI=1S/C19H22F6/c1-2-3-10-6-12-9-14(20)13(4-5-19(12,25)18(10)24)11-7-15(21)17(23)16(22)8-11/h7-8,10,12-14,18H,2-6,9H2,1H3. The van der Waals surface area contributed by atoms with Crippen LogP contribution in [0.5, 0.6) is 0 Å². The second-order valence-electron chi connectivity index (χ2n) is 7.51. The van der Waals surface area contributed by atoms with Gasteiger partial charge < -0.3 is 0 Å². The molecule has 25 heavy (non-hydrogen) atoms. The summed E-state index contributed by atoms with van der Waals surface area (Å²) in [5, 5.41) is 0. The Balaban J connectivity index is 1.85. The van der Waals surface area contributed by atoms with Crippen molar-refractivity contribution >= 4 is 0 Å². The fourth-order valence-corrected chi connectivity index (χ4v) is 4.73. The summed E-state index contributed by atoms with van der Waals surface area (Å²) in [5.74, 6) is -6.49. The highest BCUT2D eigenvalue weighted by Crippen LogP contribution is 2.55. The largest absolute Gasteiger partial charge is 0.247 e. The van der Waals surface area contributed by atoms with E-state index in [0.717, 1.165) is 18.6 Å². The fraction of sp³-hybridized carbons (Fsp3) is 0.684. The van der Waals surface area contributed by atoms with Crippen molar-refractivity contribution < 1.29 is 26.3 Å². The molecule has 2 fully saturated rings. The van der Waals surface area contributed by atoms with Gasteiger partial charge in [-0.3, -0.25) is 0 Å². The second-order valence-corrected chi connectivity index (χ2v) is 7.51. The number of fused-ring (bicyclic) bond motifs is 1. The monoisotopic (exact) mass is 364 g/mol. The maximum atomic E-state index is 15.3. The van der Waals surface area contributed by atoms with Gasteiger partial charge in [0.15, 0.2) is 17.5 Å².